The van der Waals surface area contributed by atoms with Crippen LogP contribution in [-0.4, -0.2) is 42.7 Å². The molecule has 1 aromatic heterocycles. The lowest BCUT2D eigenvalue weighted by Crippen LogP contribution is -2.43. The number of nitrogens with one attached hydrogen (secondary N) is 1. The van der Waals surface area contributed by atoms with Gasteiger partial charge < -0.3 is 10.2 Å². The first kappa shape index (κ1) is 22.5. The first-order chi connectivity index (χ1) is 14.5. The van der Waals surface area contributed by atoms with E-state index in [1.807, 2.05) is 53.7 Å². The summed E-state index contributed by atoms with van der Waals surface area (Å²) in [4.78, 5) is 30.8. The number of likely N-dealkylation sites (N-methyl/N-ethyl adjacent to an activating group) is 1. The van der Waals surface area contributed by atoms with Crippen LogP contribution in [0.3, 0.4) is 0 Å². The molecular weight excluding hydrogens is 436 g/mol. The van der Waals surface area contributed by atoms with E-state index in [2.05, 4.69) is 5.32 Å². The van der Waals surface area contributed by atoms with Crippen molar-refractivity contribution in [1.29, 1.82) is 0 Å². The molecule has 1 amide bonds. The van der Waals surface area contributed by atoms with Gasteiger partial charge in [-0.3, -0.25) is 19.9 Å². The third kappa shape index (κ3) is 4.76. The predicted molar refractivity (Wildman–Crippen MR) is 126 cm³/mol. The Labute approximate surface area is 190 Å². The number of carbonyl (C=O) groups is 1. The number of rotatable bonds is 5. The molecule has 1 atom stereocenters. The molecule has 1 unspecified atom stereocenters. The molecule has 1 aliphatic heterocycles. The average molecular weight is 457 g/mol. The predicted octanol–water partition coefficient (Wildman–Crippen LogP) is 4.16. The van der Waals surface area contributed by atoms with Crippen LogP contribution < -0.4 is 10.2 Å². The van der Waals surface area contributed by atoms with Crippen molar-refractivity contribution in [2.45, 2.75) is 6.04 Å². The highest BCUT2D eigenvalue weighted by Crippen LogP contribution is 2.31. The largest absolute Gasteiger partial charge is 0.367 e. The molecule has 0 radical (unpaired) electrons. The molecule has 2 aromatic carbocycles. The quantitative estimate of drug-likeness (QED) is 0.461. The second-order valence-electron chi connectivity index (χ2n) is 6.97. The van der Waals surface area contributed by atoms with Gasteiger partial charge in [0.2, 0.25) is 0 Å². The fourth-order valence-electron chi connectivity index (χ4n) is 3.49. The molecule has 0 spiro atoms. The number of aliphatic imine (C=N–C) groups is 1. The van der Waals surface area contributed by atoms with Gasteiger partial charge in [-0.15, -0.1) is 23.7 Å². The number of nitro groups is 1. The third-order valence-corrected chi connectivity index (χ3v) is 5.99. The number of benzodiazepines with no additional fused rings is 1. The SMILES string of the molecule is CN1c2ccc([N+](=O)[O-])cc2C(c2ccccc2)=NCC1CNC(=O)c1cccs1.Cl. The normalized spacial score (nSPS) is 15.2. The highest BCUT2D eigenvalue weighted by Gasteiger charge is 2.26. The number of hydrogen-bond donors (Lipinski definition) is 1. The third-order valence-electron chi connectivity index (χ3n) is 5.12. The maximum absolute atomic E-state index is 12.4. The lowest BCUT2D eigenvalue weighted by atomic mass is 9.99. The van der Waals surface area contributed by atoms with E-state index in [0.717, 1.165) is 11.3 Å². The van der Waals surface area contributed by atoms with Gasteiger partial charge in [-0.25, -0.2) is 0 Å². The fraction of sp³-hybridized carbons (Fsp3) is 0.182. The van der Waals surface area contributed by atoms with Gasteiger partial charge in [-0.2, -0.15) is 0 Å². The van der Waals surface area contributed by atoms with Crippen molar-refractivity contribution in [3.05, 3.63) is 92.2 Å². The number of non-ortho nitro benzene ring substituents is 1. The zero-order chi connectivity index (χ0) is 21.1. The van der Waals surface area contributed by atoms with Crippen LogP contribution in [0.5, 0.6) is 0 Å². The Bertz CT molecular complexity index is 1100. The molecule has 1 aliphatic rings. The van der Waals surface area contributed by atoms with Gasteiger partial charge in [0, 0.05) is 42.5 Å². The fourth-order valence-corrected chi connectivity index (χ4v) is 4.13. The first-order valence-corrected chi connectivity index (χ1v) is 10.4. The molecule has 160 valence electrons. The van der Waals surface area contributed by atoms with E-state index in [0.29, 0.717) is 29.2 Å². The van der Waals surface area contributed by atoms with E-state index >= 15 is 0 Å². The number of anilines is 1. The monoisotopic (exact) mass is 456 g/mol. The Kier molecular flexibility index (Phi) is 7.04. The van der Waals surface area contributed by atoms with Crippen molar-refractivity contribution < 1.29 is 9.72 Å². The second-order valence-corrected chi connectivity index (χ2v) is 7.91. The molecule has 9 heteroatoms. The smallest absolute Gasteiger partial charge is 0.270 e. The molecular formula is C22H21ClN4O3S. The van der Waals surface area contributed by atoms with E-state index in [-0.39, 0.29) is 30.0 Å². The minimum absolute atomic E-state index is 0. The summed E-state index contributed by atoms with van der Waals surface area (Å²) >= 11 is 1.40. The zero-order valence-corrected chi connectivity index (χ0v) is 18.4. The molecule has 31 heavy (non-hydrogen) atoms. The van der Waals surface area contributed by atoms with Crippen LogP contribution in [0.1, 0.15) is 20.8 Å². The lowest BCUT2D eigenvalue weighted by Gasteiger charge is -2.28. The van der Waals surface area contributed by atoms with Crippen LogP contribution in [0.4, 0.5) is 11.4 Å². The van der Waals surface area contributed by atoms with E-state index in [4.69, 9.17) is 4.99 Å². The number of thiophene rings is 1. The highest BCUT2D eigenvalue weighted by atomic mass is 35.5. The first-order valence-electron chi connectivity index (χ1n) is 9.48. The van der Waals surface area contributed by atoms with Crippen molar-refractivity contribution in [2.24, 2.45) is 4.99 Å². The summed E-state index contributed by atoms with van der Waals surface area (Å²) < 4.78 is 0. The molecule has 0 bridgehead atoms. The van der Waals surface area contributed by atoms with Gasteiger partial charge in [0.15, 0.2) is 0 Å². The van der Waals surface area contributed by atoms with Crippen LogP contribution in [0.15, 0.2) is 71.0 Å². The van der Waals surface area contributed by atoms with E-state index in [1.165, 1.54) is 17.4 Å². The summed E-state index contributed by atoms with van der Waals surface area (Å²) in [6.07, 6.45) is 0. The Morgan fingerprint density at radius 2 is 2.00 bits per heavy atom. The number of amides is 1. The topological polar surface area (TPSA) is 87.8 Å². The van der Waals surface area contributed by atoms with E-state index in [9.17, 15) is 14.9 Å². The van der Waals surface area contributed by atoms with E-state index in [1.54, 1.807) is 18.2 Å². The summed E-state index contributed by atoms with van der Waals surface area (Å²) in [5, 5.41) is 16.2. The number of nitrogens with zero attached hydrogens (tertiary/aromatic N) is 3. The van der Waals surface area contributed by atoms with Crippen molar-refractivity contribution in [3.8, 4) is 0 Å². The van der Waals surface area contributed by atoms with Gasteiger partial charge in [0.1, 0.15) is 0 Å². The standard InChI is InChI=1S/C22H20N4O3S.ClH/c1-25-17(14-24-22(27)20-8-5-11-30-20)13-23-21(15-6-3-2-4-7-15)18-12-16(26(28)29)9-10-19(18)25;/h2-12,17H,13-14H2,1H3,(H,24,27);1H. The average Bonchev–Trinajstić information content (AvgIpc) is 3.26. The minimum Gasteiger partial charge on any atom is -0.367 e. The molecule has 0 saturated heterocycles. The summed E-state index contributed by atoms with van der Waals surface area (Å²) in [5.74, 6) is -0.112. The van der Waals surface area contributed by atoms with Gasteiger partial charge in [0.05, 0.1) is 28.1 Å². The molecule has 7 nitrogen and oxygen atoms in total. The summed E-state index contributed by atoms with van der Waals surface area (Å²) in [5.41, 5.74) is 3.19. The molecule has 3 aromatic rings. The summed E-state index contributed by atoms with van der Waals surface area (Å²) in [6, 6.07) is 18.0. The summed E-state index contributed by atoms with van der Waals surface area (Å²) in [7, 11) is 1.93. The summed E-state index contributed by atoms with van der Waals surface area (Å²) in [6.45, 7) is 0.864. The second kappa shape index (κ2) is 9.72. The van der Waals surface area contributed by atoms with Crippen molar-refractivity contribution in [2.75, 3.05) is 25.0 Å². The lowest BCUT2D eigenvalue weighted by molar-refractivity contribution is -0.384. The number of benzene rings is 2. The number of carbonyl (C=O) groups excluding carboxylic acids is 1. The molecule has 4 rings (SSSR count). The Hall–Kier alpha value is -3.23. The highest BCUT2D eigenvalue weighted by molar-refractivity contribution is 7.12. The van der Waals surface area contributed by atoms with Gasteiger partial charge in [-0.1, -0.05) is 36.4 Å². The van der Waals surface area contributed by atoms with Gasteiger partial charge >= 0.3 is 0 Å². The molecule has 1 N–H and O–H groups in total. The number of hydrogen-bond acceptors (Lipinski definition) is 6. The van der Waals surface area contributed by atoms with E-state index < -0.39 is 4.92 Å². The Morgan fingerprint density at radius 1 is 1.23 bits per heavy atom. The van der Waals surface area contributed by atoms with Crippen molar-refractivity contribution >= 4 is 46.7 Å². The number of nitro benzene ring substituents is 1. The molecule has 0 saturated carbocycles. The van der Waals surface area contributed by atoms with Crippen molar-refractivity contribution in [1.82, 2.24) is 5.32 Å². The Morgan fingerprint density at radius 3 is 2.68 bits per heavy atom. The van der Waals surface area contributed by atoms with Crippen molar-refractivity contribution in [3.63, 3.8) is 0 Å². The maximum atomic E-state index is 12.4. The Balaban J connectivity index is 0.00000272. The van der Waals surface area contributed by atoms with Crippen LogP contribution in [-0.2, 0) is 0 Å². The number of halogens is 1. The molecule has 0 fully saturated rings. The van der Waals surface area contributed by atoms with Crippen LogP contribution in [0.25, 0.3) is 0 Å². The molecule has 2 heterocycles. The maximum Gasteiger partial charge on any atom is 0.270 e. The zero-order valence-electron chi connectivity index (χ0n) is 16.7. The minimum atomic E-state index is -0.396. The van der Waals surface area contributed by atoms with Crippen LogP contribution in [0.2, 0.25) is 0 Å². The van der Waals surface area contributed by atoms with Gasteiger partial charge in [-0.05, 0) is 17.5 Å². The molecule has 0 aliphatic carbocycles. The van der Waals surface area contributed by atoms with Crippen LogP contribution in [0, 0.1) is 10.1 Å². The number of fused-ring (bicyclic) bond motifs is 1. The van der Waals surface area contributed by atoms with Gasteiger partial charge in [0.25, 0.3) is 11.6 Å². The van der Waals surface area contributed by atoms with Crippen LogP contribution >= 0.6 is 23.7 Å².